The van der Waals surface area contributed by atoms with Gasteiger partial charge in [0, 0.05) is 5.69 Å². The number of aromatic nitrogens is 2. The van der Waals surface area contributed by atoms with E-state index in [1.807, 2.05) is 19.1 Å². The van der Waals surface area contributed by atoms with E-state index in [4.69, 9.17) is 16.7 Å². The van der Waals surface area contributed by atoms with Crippen molar-refractivity contribution in [1.82, 2.24) is 9.97 Å². The van der Waals surface area contributed by atoms with Gasteiger partial charge in [-0.25, -0.2) is 9.97 Å². The molecule has 142 valence electrons. The lowest BCUT2D eigenvalue weighted by Crippen LogP contribution is -2.02. The van der Waals surface area contributed by atoms with Gasteiger partial charge < -0.3 is 11.5 Å². The first-order chi connectivity index (χ1) is 11.8. The second-order valence-corrected chi connectivity index (χ2v) is 6.34. The Bertz CT molecular complexity index is 734. The normalized spacial score (nSPS) is 12.0. The number of hydrogen-bond acceptors (Lipinski definition) is 5. The molecule has 2 atom stereocenters. The second kappa shape index (κ2) is 11.1. The van der Waals surface area contributed by atoms with Gasteiger partial charge in [0.1, 0.15) is 17.7 Å². The van der Waals surface area contributed by atoms with E-state index in [2.05, 4.69) is 43.7 Å². The fourth-order valence-electron chi connectivity index (χ4n) is 2.41. The first-order valence-corrected chi connectivity index (χ1v) is 8.73. The number of pyridine rings is 2. The Hall–Kier alpha value is -2.61. The van der Waals surface area contributed by atoms with Crippen LogP contribution in [0.3, 0.4) is 0 Å². The molecule has 0 aliphatic heterocycles. The molecule has 0 bridgehead atoms. The summed E-state index contributed by atoms with van der Waals surface area (Å²) in [6.07, 6.45) is 2.07. The molecule has 4 N–H and O–H groups in total. The molecule has 0 unspecified atom stereocenters. The molecule has 0 saturated heterocycles. The lowest BCUT2D eigenvalue weighted by Gasteiger charge is -2.11. The molecule has 2 aromatic rings. The molecule has 0 aromatic carbocycles. The molecular formula is C21H33N5. The van der Waals surface area contributed by atoms with Crippen molar-refractivity contribution in [3.05, 3.63) is 46.8 Å². The van der Waals surface area contributed by atoms with Gasteiger partial charge in [0.2, 0.25) is 0 Å². The second-order valence-electron chi connectivity index (χ2n) is 6.34. The van der Waals surface area contributed by atoms with Crippen molar-refractivity contribution in [2.45, 2.75) is 66.7 Å². The Morgan fingerprint density at radius 3 is 1.88 bits per heavy atom. The third-order valence-corrected chi connectivity index (χ3v) is 4.38. The van der Waals surface area contributed by atoms with Crippen LogP contribution in [0.25, 0.3) is 0 Å². The zero-order valence-corrected chi connectivity index (χ0v) is 15.9. The van der Waals surface area contributed by atoms with E-state index in [0.717, 1.165) is 24.2 Å². The summed E-state index contributed by atoms with van der Waals surface area (Å²) in [6, 6.07) is 9.38. The van der Waals surface area contributed by atoms with E-state index in [9.17, 15) is 0 Å². The van der Waals surface area contributed by atoms with Crippen molar-refractivity contribution in [2.75, 3.05) is 11.5 Å². The smallest absolute Gasteiger partial charge is 0.123 e. The number of nitrogens with two attached hydrogens (primary N) is 2. The van der Waals surface area contributed by atoms with Crippen LogP contribution >= 0.6 is 0 Å². The van der Waals surface area contributed by atoms with Crippen molar-refractivity contribution in [1.29, 1.82) is 5.26 Å². The molecule has 0 radical (unpaired) electrons. The van der Waals surface area contributed by atoms with E-state index in [-0.39, 0.29) is 13.3 Å². The van der Waals surface area contributed by atoms with Crippen molar-refractivity contribution >= 4 is 11.6 Å². The predicted octanol–water partition coefficient (Wildman–Crippen LogP) is 5.17. The minimum Gasteiger partial charge on any atom is -0.384 e. The first kappa shape index (κ1) is 23.4. The van der Waals surface area contributed by atoms with Crippen LogP contribution in [0.5, 0.6) is 0 Å². The van der Waals surface area contributed by atoms with Crippen LogP contribution in [-0.2, 0) is 0 Å². The molecule has 0 spiro atoms. The van der Waals surface area contributed by atoms with Crippen LogP contribution < -0.4 is 11.5 Å². The Balaban J connectivity index is 0.000000464. The average Bonchev–Trinajstić information content (AvgIpc) is 2.62. The minimum atomic E-state index is 0. The summed E-state index contributed by atoms with van der Waals surface area (Å²) in [6.45, 7) is 10.5. The number of nitrogens with zero attached hydrogens (tertiary/aromatic N) is 3. The monoisotopic (exact) mass is 355 g/mol. The zero-order chi connectivity index (χ0) is 19.0. The number of aryl methyl sites for hydroxylation is 1. The molecule has 26 heavy (non-hydrogen) atoms. The average molecular weight is 356 g/mol. The maximum atomic E-state index is 8.82. The molecule has 0 amide bonds. The number of nitriles is 1. The number of rotatable bonds is 4. The fourth-order valence-corrected chi connectivity index (χ4v) is 2.41. The van der Waals surface area contributed by atoms with Gasteiger partial charge in [-0.3, -0.25) is 0 Å². The van der Waals surface area contributed by atoms with Gasteiger partial charge in [0.15, 0.2) is 0 Å². The SMILES string of the molecule is C.CC[C@@H](C)c1nc(N)ccc1C.CC[C@H](C)c1nc(N)ccc1C#N. The molecule has 0 fully saturated rings. The Morgan fingerprint density at radius 1 is 0.923 bits per heavy atom. The molecule has 2 aromatic heterocycles. The molecule has 5 heteroatoms. The maximum Gasteiger partial charge on any atom is 0.123 e. The zero-order valence-electron chi connectivity index (χ0n) is 15.9. The largest absolute Gasteiger partial charge is 0.384 e. The summed E-state index contributed by atoms with van der Waals surface area (Å²) in [5, 5.41) is 8.82. The lowest BCUT2D eigenvalue weighted by molar-refractivity contribution is 0.703. The summed E-state index contributed by atoms with van der Waals surface area (Å²) in [4.78, 5) is 8.49. The summed E-state index contributed by atoms with van der Waals surface area (Å²) >= 11 is 0. The van der Waals surface area contributed by atoms with Crippen LogP contribution in [0.4, 0.5) is 11.6 Å². The van der Waals surface area contributed by atoms with Gasteiger partial charge in [-0.15, -0.1) is 0 Å². The van der Waals surface area contributed by atoms with Crippen LogP contribution in [0.1, 0.15) is 82.3 Å². The number of hydrogen-bond donors (Lipinski definition) is 2. The van der Waals surface area contributed by atoms with E-state index >= 15 is 0 Å². The molecule has 0 aliphatic rings. The highest BCUT2D eigenvalue weighted by Gasteiger charge is 2.10. The lowest BCUT2D eigenvalue weighted by atomic mass is 10.00. The van der Waals surface area contributed by atoms with E-state index in [0.29, 0.717) is 23.1 Å². The predicted molar refractivity (Wildman–Crippen MR) is 111 cm³/mol. The van der Waals surface area contributed by atoms with Crippen molar-refractivity contribution in [3.8, 4) is 6.07 Å². The fraction of sp³-hybridized carbons (Fsp3) is 0.476. The molecule has 2 heterocycles. The van der Waals surface area contributed by atoms with E-state index < -0.39 is 0 Å². The van der Waals surface area contributed by atoms with Gasteiger partial charge in [-0.05, 0) is 55.4 Å². The highest BCUT2D eigenvalue weighted by Crippen LogP contribution is 2.21. The third kappa shape index (κ3) is 6.36. The summed E-state index contributed by atoms with van der Waals surface area (Å²) in [5.41, 5.74) is 15.0. The van der Waals surface area contributed by atoms with Gasteiger partial charge in [-0.2, -0.15) is 5.26 Å². The van der Waals surface area contributed by atoms with Crippen molar-refractivity contribution < 1.29 is 0 Å². The van der Waals surface area contributed by atoms with Gasteiger partial charge >= 0.3 is 0 Å². The van der Waals surface area contributed by atoms with Crippen LogP contribution in [0, 0.1) is 18.3 Å². The molecule has 2 rings (SSSR count). The quantitative estimate of drug-likeness (QED) is 0.787. The number of nitrogen functional groups attached to an aromatic ring is 2. The first-order valence-electron chi connectivity index (χ1n) is 8.73. The summed E-state index contributed by atoms with van der Waals surface area (Å²) in [7, 11) is 0. The summed E-state index contributed by atoms with van der Waals surface area (Å²) in [5.74, 6) is 1.90. The van der Waals surface area contributed by atoms with Crippen molar-refractivity contribution in [3.63, 3.8) is 0 Å². The maximum absolute atomic E-state index is 8.82. The molecule has 0 aliphatic carbocycles. The van der Waals surface area contributed by atoms with Crippen molar-refractivity contribution in [2.24, 2.45) is 0 Å². The molecule has 5 nitrogen and oxygen atoms in total. The standard InChI is InChI=1S/C10H13N3.C10H16N2.CH4/c1-3-7(2)10-8(6-11)4-5-9(12)13-10;1-4-7(2)10-8(3)5-6-9(11)12-10;/h4-5,7H,3H2,1-2H3,(H2,12,13);5-7H,4H2,1-3H3,(H2,11,12);1H4/t2*7-;/m01./s1. The Morgan fingerprint density at radius 2 is 1.38 bits per heavy atom. The van der Waals surface area contributed by atoms with Crippen LogP contribution in [0.15, 0.2) is 24.3 Å². The Labute approximate surface area is 158 Å². The molecule has 0 saturated carbocycles. The van der Waals surface area contributed by atoms with Crippen LogP contribution in [0.2, 0.25) is 0 Å². The van der Waals surface area contributed by atoms with E-state index in [1.165, 1.54) is 5.56 Å². The summed E-state index contributed by atoms with van der Waals surface area (Å²) < 4.78 is 0. The van der Waals surface area contributed by atoms with Gasteiger partial charge in [0.25, 0.3) is 0 Å². The number of anilines is 2. The van der Waals surface area contributed by atoms with Gasteiger partial charge in [-0.1, -0.05) is 41.2 Å². The Kier molecular flexibility index (Phi) is 9.98. The molecular weight excluding hydrogens is 322 g/mol. The third-order valence-electron chi connectivity index (χ3n) is 4.38. The van der Waals surface area contributed by atoms with Gasteiger partial charge in [0.05, 0.1) is 11.3 Å². The van der Waals surface area contributed by atoms with Crippen LogP contribution in [-0.4, -0.2) is 9.97 Å². The topological polar surface area (TPSA) is 102 Å². The van der Waals surface area contributed by atoms with E-state index in [1.54, 1.807) is 12.1 Å². The minimum absolute atomic E-state index is 0. The highest BCUT2D eigenvalue weighted by atomic mass is 14.8. The highest BCUT2D eigenvalue weighted by molar-refractivity contribution is 5.41.